The van der Waals surface area contributed by atoms with E-state index in [0.717, 1.165) is 9.58 Å². The quantitative estimate of drug-likeness (QED) is 0.360. The Morgan fingerprint density at radius 2 is 1.83 bits per heavy atom. The number of carbonyl (C=O) groups excluding carboxylic acids is 1. The number of aromatic nitrogens is 1. The lowest BCUT2D eigenvalue weighted by Gasteiger charge is -2.35. The van der Waals surface area contributed by atoms with Crippen molar-refractivity contribution in [1.29, 1.82) is 0 Å². The standard InChI is InChI=1S/C20H16N4O3S2/c25-20(17-11-16-19(29-17)14-3-1-2-4-15(14)28-16)23-9-7-22(8-10-23)18-6-5-13(12-21-18)24(26)27/h1-6,11-12H,7-10H2. The number of fused-ring (bicyclic) bond motifs is 3. The van der Waals surface area contributed by atoms with E-state index in [2.05, 4.69) is 17.1 Å². The van der Waals surface area contributed by atoms with Gasteiger partial charge in [-0.1, -0.05) is 18.2 Å². The number of anilines is 1. The number of amides is 1. The van der Waals surface area contributed by atoms with Crippen LogP contribution in [0.1, 0.15) is 9.67 Å². The van der Waals surface area contributed by atoms with Gasteiger partial charge in [0.2, 0.25) is 0 Å². The summed E-state index contributed by atoms with van der Waals surface area (Å²) in [6.45, 7) is 2.51. The van der Waals surface area contributed by atoms with Gasteiger partial charge in [0.15, 0.2) is 0 Å². The lowest BCUT2D eigenvalue weighted by molar-refractivity contribution is -0.385. The van der Waals surface area contributed by atoms with E-state index in [1.807, 2.05) is 28.0 Å². The molecule has 0 aliphatic carbocycles. The largest absolute Gasteiger partial charge is 0.353 e. The molecule has 0 radical (unpaired) electrons. The van der Waals surface area contributed by atoms with Crippen LogP contribution < -0.4 is 4.90 Å². The van der Waals surface area contributed by atoms with Crippen molar-refractivity contribution < 1.29 is 9.72 Å². The van der Waals surface area contributed by atoms with Gasteiger partial charge >= 0.3 is 0 Å². The second-order valence-electron chi connectivity index (χ2n) is 6.81. The van der Waals surface area contributed by atoms with E-state index in [9.17, 15) is 14.9 Å². The Bertz CT molecular complexity index is 1220. The average Bonchev–Trinajstić information content (AvgIpc) is 3.31. The van der Waals surface area contributed by atoms with Crippen LogP contribution in [0.4, 0.5) is 11.5 Å². The lowest BCUT2D eigenvalue weighted by atomic mass is 10.2. The number of hydrogen-bond donors (Lipinski definition) is 0. The molecule has 0 unspecified atom stereocenters. The van der Waals surface area contributed by atoms with E-state index in [0.29, 0.717) is 32.0 Å². The van der Waals surface area contributed by atoms with Crippen LogP contribution in [0.3, 0.4) is 0 Å². The predicted octanol–water partition coefficient (Wildman–Crippen LogP) is 4.38. The van der Waals surface area contributed by atoms with E-state index in [-0.39, 0.29) is 11.6 Å². The Morgan fingerprint density at radius 3 is 2.55 bits per heavy atom. The third kappa shape index (κ3) is 3.22. The molecule has 1 fully saturated rings. The summed E-state index contributed by atoms with van der Waals surface area (Å²) in [6, 6.07) is 13.4. The molecule has 5 rings (SSSR count). The lowest BCUT2D eigenvalue weighted by Crippen LogP contribution is -2.48. The van der Waals surface area contributed by atoms with Gasteiger partial charge in [-0.25, -0.2) is 4.98 Å². The summed E-state index contributed by atoms with van der Waals surface area (Å²) in [5, 5.41) is 12.0. The molecule has 1 saturated heterocycles. The fourth-order valence-electron chi connectivity index (χ4n) is 3.57. The van der Waals surface area contributed by atoms with Gasteiger partial charge < -0.3 is 9.80 Å². The van der Waals surface area contributed by atoms with E-state index in [4.69, 9.17) is 0 Å². The van der Waals surface area contributed by atoms with Gasteiger partial charge in [0.1, 0.15) is 12.0 Å². The van der Waals surface area contributed by atoms with Crippen LogP contribution in [0.5, 0.6) is 0 Å². The molecular formula is C20H16N4O3S2. The summed E-state index contributed by atoms with van der Waals surface area (Å²) in [4.78, 5) is 32.2. The van der Waals surface area contributed by atoms with Crippen LogP contribution in [0, 0.1) is 10.1 Å². The number of pyridine rings is 1. The zero-order chi connectivity index (χ0) is 20.0. The highest BCUT2D eigenvalue weighted by Crippen LogP contribution is 2.39. The summed E-state index contributed by atoms with van der Waals surface area (Å²) in [7, 11) is 0. The van der Waals surface area contributed by atoms with Gasteiger partial charge in [-0.15, -0.1) is 22.7 Å². The first-order valence-electron chi connectivity index (χ1n) is 9.16. The second kappa shape index (κ2) is 7.09. The Balaban J connectivity index is 1.29. The highest BCUT2D eigenvalue weighted by molar-refractivity contribution is 7.33. The van der Waals surface area contributed by atoms with E-state index < -0.39 is 4.92 Å². The fraction of sp³-hybridized carbons (Fsp3) is 0.200. The predicted molar refractivity (Wildman–Crippen MR) is 116 cm³/mol. The molecule has 4 heterocycles. The smallest absolute Gasteiger partial charge is 0.287 e. The molecule has 3 aromatic heterocycles. The first kappa shape index (κ1) is 18.0. The van der Waals surface area contributed by atoms with E-state index in [1.165, 1.54) is 27.0 Å². The number of hydrogen-bond acceptors (Lipinski definition) is 7. The van der Waals surface area contributed by atoms with Crippen molar-refractivity contribution in [2.24, 2.45) is 0 Å². The van der Waals surface area contributed by atoms with Crippen molar-refractivity contribution in [3.05, 3.63) is 63.7 Å². The molecular weight excluding hydrogens is 408 g/mol. The summed E-state index contributed by atoms with van der Waals surface area (Å²) in [6.07, 6.45) is 1.27. The van der Waals surface area contributed by atoms with Crippen LogP contribution in [0.25, 0.3) is 19.5 Å². The number of carbonyl (C=O) groups is 1. The average molecular weight is 425 g/mol. The maximum Gasteiger partial charge on any atom is 0.287 e. The molecule has 0 saturated carbocycles. The number of nitrogens with zero attached hydrogens (tertiary/aromatic N) is 4. The number of benzene rings is 1. The molecule has 4 aromatic rings. The summed E-state index contributed by atoms with van der Waals surface area (Å²) < 4.78 is 3.59. The van der Waals surface area contributed by atoms with Crippen LogP contribution in [-0.2, 0) is 0 Å². The first-order chi connectivity index (χ1) is 14.1. The normalized spacial score (nSPS) is 14.6. The Labute approximate surface area is 174 Å². The molecule has 29 heavy (non-hydrogen) atoms. The minimum atomic E-state index is -0.456. The number of thiophene rings is 2. The molecule has 0 atom stereocenters. The van der Waals surface area contributed by atoms with Crippen LogP contribution >= 0.6 is 22.7 Å². The van der Waals surface area contributed by atoms with Gasteiger partial charge in [-0.05, 0) is 18.2 Å². The highest BCUT2D eigenvalue weighted by atomic mass is 32.1. The molecule has 9 heteroatoms. The molecule has 0 bridgehead atoms. The van der Waals surface area contributed by atoms with Crippen LogP contribution in [0.2, 0.25) is 0 Å². The van der Waals surface area contributed by atoms with Crippen molar-refractivity contribution in [1.82, 2.24) is 9.88 Å². The van der Waals surface area contributed by atoms with Gasteiger partial charge in [-0.3, -0.25) is 14.9 Å². The first-order valence-corrected chi connectivity index (χ1v) is 10.8. The van der Waals surface area contributed by atoms with E-state index >= 15 is 0 Å². The van der Waals surface area contributed by atoms with Crippen LogP contribution in [-0.4, -0.2) is 46.9 Å². The van der Waals surface area contributed by atoms with Crippen LogP contribution in [0.15, 0.2) is 48.7 Å². The monoisotopic (exact) mass is 424 g/mol. The van der Waals surface area contributed by atoms with Gasteiger partial charge in [0.25, 0.3) is 11.6 Å². The molecule has 146 valence electrons. The maximum absolute atomic E-state index is 13.0. The van der Waals surface area contributed by atoms with Crippen molar-refractivity contribution in [3.8, 4) is 0 Å². The summed E-state index contributed by atoms with van der Waals surface area (Å²) in [5.74, 6) is 0.768. The number of rotatable bonds is 3. The molecule has 1 aliphatic rings. The highest BCUT2D eigenvalue weighted by Gasteiger charge is 2.25. The van der Waals surface area contributed by atoms with Gasteiger partial charge in [-0.2, -0.15) is 0 Å². The maximum atomic E-state index is 13.0. The van der Waals surface area contributed by atoms with Crippen molar-refractivity contribution in [3.63, 3.8) is 0 Å². The topological polar surface area (TPSA) is 79.6 Å². The zero-order valence-electron chi connectivity index (χ0n) is 15.3. The summed E-state index contributed by atoms with van der Waals surface area (Å²) in [5.41, 5.74) is -0.0206. The molecule has 1 aliphatic heterocycles. The SMILES string of the molecule is O=C(c1cc2sc3ccccc3c2s1)N1CCN(c2ccc([N+](=O)[O-])cn2)CC1. The van der Waals surface area contributed by atoms with Gasteiger partial charge in [0.05, 0.1) is 14.5 Å². The fourth-order valence-corrected chi connectivity index (χ4v) is 6.07. The minimum absolute atomic E-state index is 0.0206. The molecule has 7 nitrogen and oxygen atoms in total. The molecule has 0 N–H and O–H groups in total. The molecule has 0 spiro atoms. The number of piperazine rings is 1. The Morgan fingerprint density at radius 1 is 1.03 bits per heavy atom. The zero-order valence-corrected chi connectivity index (χ0v) is 16.9. The minimum Gasteiger partial charge on any atom is -0.353 e. The summed E-state index contributed by atoms with van der Waals surface area (Å²) >= 11 is 3.29. The van der Waals surface area contributed by atoms with Crippen molar-refractivity contribution >= 4 is 59.6 Å². The van der Waals surface area contributed by atoms with E-state index in [1.54, 1.807) is 28.7 Å². The number of nitro groups is 1. The Kier molecular flexibility index (Phi) is 4.40. The third-order valence-electron chi connectivity index (χ3n) is 5.09. The third-order valence-corrected chi connectivity index (χ3v) is 7.50. The van der Waals surface area contributed by atoms with Gasteiger partial charge in [0, 0.05) is 47.0 Å². The Hall–Kier alpha value is -3.04. The second-order valence-corrected chi connectivity index (χ2v) is 8.95. The molecule has 1 aromatic carbocycles. The van der Waals surface area contributed by atoms with Crippen molar-refractivity contribution in [2.75, 3.05) is 31.1 Å². The molecule has 1 amide bonds. The van der Waals surface area contributed by atoms with Crippen molar-refractivity contribution in [2.45, 2.75) is 0 Å².